The minimum atomic E-state index is -4.21. The molecule has 2 amide bonds. The number of hydrogen-bond acceptors (Lipinski definition) is 5. The van der Waals surface area contributed by atoms with Crippen molar-refractivity contribution in [1.29, 1.82) is 0 Å². The zero-order valence-electron chi connectivity index (χ0n) is 26.5. The highest BCUT2D eigenvalue weighted by atomic mass is 35.5. The molecule has 0 aliphatic carbocycles. The average molecular weight is 662 g/mol. The van der Waals surface area contributed by atoms with E-state index in [0.717, 1.165) is 21.0 Å². The first kappa shape index (κ1) is 34.5. The van der Waals surface area contributed by atoms with E-state index in [4.69, 9.17) is 16.3 Å². The van der Waals surface area contributed by atoms with Gasteiger partial charge in [-0.3, -0.25) is 13.9 Å². The van der Waals surface area contributed by atoms with Gasteiger partial charge in [-0.25, -0.2) is 8.42 Å². The second-order valence-corrected chi connectivity index (χ2v) is 13.8. The molecule has 0 spiro atoms. The quantitative estimate of drug-likeness (QED) is 0.172. The van der Waals surface area contributed by atoms with E-state index in [-0.39, 0.29) is 29.7 Å². The lowest BCUT2D eigenvalue weighted by atomic mass is 10.0. The zero-order chi connectivity index (χ0) is 33.3. The van der Waals surface area contributed by atoms with Gasteiger partial charge in [0.25, 0.3) is 10.0 Å². The summed E-state index contributed by atoms with van der Waals surface area (Å²) in [5.74, 6) is -0.163. The number of rotatable bonds is 14. The van der Waals surface area contributed by atoms with Crippen molar-refractivity contribution in [3.8, 4) is 5.75 Å². The summed E-state index contributed by atoms with van der Waals surface area (Å²) in [5.41, 5.74) is 2.87. The Bertz CT molecular complexity index is 1700. The highest BCUT2D eigenvalue weighted by Crippen LogP contribution is 2.27. The summed E-state index contributed by atoms with van der Waals surface area (Å²) in [6.07, 6.45) is 0.236. The van der Waals surface area contributed by atoms with Crippen LogP contribution in [0.5, 0.6) is 5.75 Å². The third kappa shape index (κ3) is 9.11. The largest absolute Gasteiger partial charge is 0.497 e. The first-order valence-electron chi connectivity index (χ1n) is 15.1. The standard InChI is InChI=1S/C36H40ClN3O5S/c1-26(2)23-38-36(42)34(22-28-8-6-5-7-9-28)39(24-29-12-14-30(37)15-13-29)35(41)25-40(31-16-10-27(3)11-17-31)46(43,44)33-20-18-32(45-4)19-21-33/h5-21,26,34H,22-25H2,1-4H3,(H,38,42)/t34-/m1/s1. The number of sulfonamides is 1. The van der Waals surface area contributed by atoms with Gasteiger partial charge in [0.1, 0.15) is 18.3 Å². The number of hydrogen-bond donors (Lipinski definition) is 1. The minimum absolute atomic E-state index is 0.00133. The fraction of sp³-hybridized carbons (Fsp3) is 0.278. The normalized spacial score (nSPS) is 12.0. The van der Waals surface area contributed by atoms with Crippen molar-refractivity contribution < 1.29 is 22.7 Å². The Morgan fingerprint density at radius 2 is 1.48 bits per heavy atom. The van der Waals surface area contributed by atoms with Gasteiger partial charge in [-0.2, -0.15) is 0 Å². The smallest absolute Gasteiger partial charge is 0.264 e. The Balaban J connectivity index is 1.79. The van der Waals surface area contributed by atoms with Crippen molar-refractivity contribution in [2.45, 2.75) is 44.7 Å². The first-order valence-corrected chi connectivity index (χ1v) is 16.9. The lowest BCUT2D eigenvalue weighted by Crippen LogP contribution is -2.53. The molecular formula is C36H40ClN3O5S. The van der Waals surface area contributed by atoms with Crippen molar-refractivity contribution in [2.75, 3.05) is 24.5 Å². The zero-order valence-corrected chi connectivity index (χ0v) is 28.1. The topological polar surface area (TPSA) is 96.0 Å². The molecule has 0 aromatic heterocycles. The molecule has 0 heterocycles. The van der Waals surface area contributed by atoms with Crippen LogP contribution < -0.4 is 14.4 Å². The highest BCUT2D eigenvalue weighted by molar-refractivity contribution is 7.92. The molecular weight excluding hydrogens is 622 g/mol. The predicted octanol–water partition coefficient (Wildman–Crippen LogP) is 6.26. The Hall–Kier alpha value is -4.34. The molecule has 4 rings (SSSR count). The molecule has 242 valence electrons. The molecule has 10 heteroatoms. The summed E-state index contributed by atoms with van der Waals surface area (Å²) in [6.45, 7) is 5.84. The number of aryl methyl sites for hydroxylation is 1. The number of benzene rings is 4. The monoisotopic (exact) mass is 661 g/mol. The molecule has 0 aliphatic rings. The van der Waals surface area contributed by atoms with E-state index >= 15 is 0 Å². The van der Waals surface area contributed by atoms with Crippen molar-refractivity contribution in [3.63, 3.8) is 0 Å². The van der Waals surface area contributed by atoms with Crippen LogP contribution >= 0.6 is 11.6 Å². The molecule has 8 nitrogen and oxygen atoms in total. The molecule has 0 aliphatic heterocycles. The number of nitrogens with zero attached hydrogens (tertiary/aromatic N) is 2. The average Bonchev–Trinajstić information content (AvgIpc) is 3.05. The fourth-order valence-electron chi connectivity index (χ4n) is 4.88. The van der Waals surface area contributed by atoms with Crippen molar-refractivity contribution in [1.82, 2.24) is 10.2 Å². The van der Waals surface area contributed by atoms with Crippen LogP contribution in [0.1, 0.15) is 30.5 Å². The van der Waals surface area contributed by atoms with Crippen LogP contribution in [0.25, 0.3) is 0 Å². The van der Waals surface area contributed by atoms with Gasteiger partial charge in [0, 0.05) is 24.5 Å². The van der Waals surface area contributed by atoms with Crippen LogP contribution in [0.4, 0.5) is 5.69 Å². The summed E-state index contributed by atoms with van der Waals surface area (Å²) in [6, 6.07) is 28.5. The molecule has 4 aromatic carbocycles. The maximum Gasteiger partial charge on any atom is 0.264 e. The van der Waals surface area contributed by atoms with E-state index in [9.17, 15) is 18.0 Å². The van der Waals surface area contributed by atoms with E-state index < -0.39 is 28.5 Å². The lowest BCUT2D eigenvalue weighted by molar-refractivity contribution is -0.140. The van der Waals surface area contributed by atoms with Crippen LogP contribution in [0, 0.1) is 12.8 Å². The summed E-state index contributed by atoms with van der Waals surface area (Å²) in [5, 5.41) is 3.53. The fourth-order valence-corrected chi connectivity index (χ4v) is 6.42. The molecule has 0 radical (unpaired) electrons. The number of amides is 2. The van der Waals surface area contributed by atoms with Gasteiger partial charge in [-0.05, 0) is 72.5 Å². The van der Waals surface area contributed by atoms with E-state index in [0.29, 0.717) is 23.0 Å². The van der Waals surface area contributed by atoms with E-state index in [1.165, 1.54) is 24.1 Å². The lowest BCUT2D eigenvalue weighted by Gasteiger charge is -2.34. The maximum absolute atomic E-state index is 14.5. The Labute approximate surface area is 277 Å². The first-order chi connectivity index (χ1) is 22.0. The predicted molar refractivity (Wildman–Crippen MR) is 182 cm³/mol. The van der Waals surface area contributed by atoms with Crippen LogP contribution in [0.2, 0.25) is 5.02 Å². The van der Waals surface area contributed by atoms with E-state index in [1.807, 2.05) is 51.1 Å². The summed E-state index contributed by atoms with van der Waals surface area (Å²) in [4.78, 5) is 29.8. The van der Waals surface area contributed by atoms with Crippen LogP contribution in [-0.4, -0.2) is 51.4 Å². The van der Waals surface area contributed by atoms with Crippen LogP contribution in [-0.2, 0) is 32.6 Å². The Morgan fingerprint density at radius 1 is 0.848 bits per heavy atom. The number of carbonyl (C=O) groups excluding carboxylic acids is 2. The molecule has 4 aromatic rings. The third-order valence-electron chi connectivity index (χ3n) is 7.47. The second-order valence-electron chi connectivity index (χ2n) is 11.5. The van der Waals surface area contributed by atoms with Gasteiger partial charge in [0.05, 0.1) is 17.7 Å². The Kier molecular flexibility index (Phi) is 11.8. The number of methoxy groups -OCH3 is 1. The third-order valence-corrected chi connectivity index (χ3v) is 9.51. The van der Waals surface area contributed by atoms with Crippen LogP contribution in [0.15, 0.2) is 108 Å². The number of halogens is 1. The van der Waals surface area contributed by atoms with Gasteiger partial charge in [0.2, 0.25) is 11.8 Å². The SMILES string of the molecule is COc1ccc(S(=O)(=O)N(CC(=O)N(Cc2ccc(Cl)cc2)[C@H](Cc2ccccc2)C(=O)NCC(C)C)c2ccc(C)cc2)cc1. The summed E-state index contributed by atoms with van der Waals surface area (Å²) >= 11 is 6.15. The van der Waals surface area contributed by atoms with Gasteiger partial charge >= 0.3 is 0 Å². The highest BCUT2D eigenvalue weighted by Gasteiger charge is 2.34. The molecule has 1 N–H and O–H groups in total. The Morgan fingerprint density at radius 3 is 2.07 bits per heavy atom. The molecule has 0 saturated heterocycles. The molecule has 46 heavy (non-hydrogen) atoms. The van der Waals surface area contributed by atoms with Gasteiger partial charge in [-0.1, -0.05) is 85.6 Å². The van der Waals surface area contributed by atoms with E-state index in [2.05, 4.69) is 5.32 Å². The van der Waals surface area contributed by atoms with Crippen molar-refractivity contribution >= 4 is 39.1 Å². The molecule has 0 unspecified atom stereocenters. The number of ether oxygens (including phenoxy) is 1. The number of carbonyl (C=O) groups is 2. The molecule has 0 fully saturated rings. The molecule has 1 atom stereocenters. The number of anilines is 1. The van der Waals surface area contributed by atoms with Gasteiger partial charge < -0.3 is 15.0 Å². The van der Waals surface area contributed by atoms with Gasteiger partial charge in [-0.15, -0.1) is 0 Å². The van der Waals surface area contributed by atoms with Crippen LogP contribution in [0.3, 0.4) is 0 Å². The second kappa shape index (κ2) is 15.8. The number of nitrogens with one attached hydrogen (secondary N) is 1. The van der Waals surface area contributed by atoms with Crippen molar-refractivity contribution in [2.24, 2.45) is 5.92 Å². The van der Waals surface area contributed by atoms with Crippen molar-refractivity contribution in [3.05, 3.63) is 125 Å². The summed E-state index contributed by atoms with van der Waals surface area (Å²) < 4.78 is 34.6. The van der Waals surface area contributed by atoms with Gasteiger partial charge in [0.15, 0.2) is 0 Å². The summed E-state index contributed by atoms with van der Waals surface area (Å²) in [7, 11) is -2.71. The molecule has 0 saturated carbocycles. The maximum atomic E-state index is 14.5. The minimum Gasteiger partial charge on any atom is -0.497 e. The molecule has 0 bridgehead atoms. The van der Waals surface area contributed by atoms with E-state index in [1.54, 1.807) is 60.7 Å².